The normalized spacial score (nSPS) is 11.7. The van der Waals surface area contributed by atoms with E-state index in [0.717, 1.165) is 27.0 Å². The van der Waals surface area contributed by atoms with Gasteiger partial charge in [0, 0.05) is 36.2 Å². The predicted molar refractivity (Wildman–Crippen MR) is 106 cm³/mol. The van der Waals surface area contributed by atoms with Gasteiger partial charge in [0.25, 0.3) is 11.8 Å². The Hall–Kier alpha value is -2.18. The summed E-state index contributed by atoms with van der Waals surface area (Å²) in [4.78, 5) is 26.9. The van der Waals surface area contributed by atoms with Crippen LogP contribution in [0.4, 0.5) is 0 Å². The fraction of sp³-hybridized carbons (Fsp3) is 0.300. The molecule has 2 aromatic rings. The fourth-order valence-corrected chi connectivity index (χ4v) is 3.10. The van der Waals surface area contributed by atoms with E-state index >= 15 is 0 Å². The van der Waals surface area contributed by atoms with Gasteiger partial charge in [0.05, 0.1) is 7.05 Å². The minimum absolute atomic E-state index is 0.0962. The molecule has 1 atom stereocenters. The highest BCUT2D eigenvalue weighted by Gasteiger charge is 2.16. The van der Waals surface area contributed by atoms with Crippen molar-refractivity contribution < 1.29 is 14.5 Å². The summed E-state index contributed by atoms with van der Waals surface area (Å²) in [7, 11) is 5.44. The minimum Gasteiger partial charge on any atom is -0.355 e. The summed E-state index contributed by atoms with van der Waals surface area (Å²) in [5.74, 6) is 0.00126. The molecule has 2 amide bonds. The Balaban J connectivity index is 1.88. The molecule has 0 bridgehead atoms. The molecule has 0 aromatic heterocycles. The van der Waals surface area contributed by atoms with E-state index in [0.29, 0.717) is 18.7 Å². The van der Waals surface area contributed by atoms with E-state index in [1.165, 1.54) is 0 Å². The second-order valence-electron chi connectivity index (χ2n) is 6.43. The van der Waals surface area contributed by atoms with Gasteiger partial charge in [-0.1, -0.05) is 46.3 Å². The SMILES string of the molecule is CNC(=O)c1ccc(C[NH+](C)CC(=O)N(C)Cc2ccccc2Br)cc1. The van der Waals surface area contributed by atoms with Crippen molar-refractivity contribution in [1.82, 2.24) is 10.2 Å². The van der Waals surface area contributed by atoms with Gasteiger partial charge in [-0.2, -0.15) is 0 Å². The molecule has 0 fully saturated rings. The third-order valence-electron chi connectivity index (χ3n) is 4.19. The van der Waals surface area contributed by atoms with Crippen LogP contribution in [0.15, 0.2) is 53.0 Å². The zero-order valence-electron chi connectivity index (χ0n) is 15.4. The summed E-state index contributed by atoms with van der Waals surface area (Å²) in [5, 5.41) is 2.61. The van der Waals surface area contributed by atoms with Gasteiger partial charge in [0.2, 0.25) is 0 Å². The quantitative estimate of drug-likeness (QED) is 0.715. The van der Waals surface area contributed by atoms with Gasteiger partial charge in [0.15, 0.2) is 6.54 Å². The van der Waals surface area contributed by atoms with E-state index in [4.69, 9.17) is 0 Å². The van der Waals surface area contributed by atoms with Gasteiger partial charge >= 0.3 is 0 Å². The van der Waals surface area contributed by atoms with E-state index in [-0.39, 0.29) is 11.8 Å². The minimum atomic E-state index is -0.0962. The van der Waals surface area contributed by atoms with Crippen LogP contribution in [0.25, 0.3) is 0 Å². The van der Waals surface area contributed by atoms with Crippen molar-refractivity contribution in [2.24, 2.45) is 0 Å². The average Bonchev–Trinajstić information content (AvgIpc) is 2.63. The number of hydrogen-bond donors (Lipinski definition) is 2. The van der Waals surface area contributed by atoms with Gasteiger partial charge in [-0.05, 0) is 23.8 Å². The number of likely N-dealkylation sites (N-methyl/N-ethyl adjacent to an activating group) is 2. The van der Waals surface area contributed by atoms with E-state index < -0.39 is 0 Å². The van der Waals surface area contributed by atoms with Crippen LogP contribution >= 0.6 is 15.9 Å². The van der Waals surface area contributed by atoms with Crippen molar-refractivity contribution in [2.45, 2.75) is 13.1 Å². The number of nitrogens with one attached hydrogen (secondary N) is 2. The molecule has 0 aliphatic rings. The number of benzene rings is 2. The van der Waals surface area contributed by atoms with Crippen LogP contribution in [0.5, 0.6) is 0 Å². The Morgan fingerprint density at radius 3 is 2.38 bits per heavy atom. The molecule has 2 rings (SSSR count). The largest absolute Gasteiger partial charge is 0.355 e. The van der Waals surface area contributed by atoms with Crippen LogP contribution in [0.2, 0.25) is 0 Å². The van der Waals surface area contributed by atoms with E-state index in [2.05, 4.69) is 21.2 Å². The van der Waals surface area contributed by atoms with Crippen molar-refractivity contribution in [3.8, 4) is 0 Å². The lowest BCUT2D eigenvalue weighted by Gasteiger charge is -2.20. The van der Waals surface area contributed by atoms with Crippen LogP contribution in [0.3, 0.4) is 0 Å². The first-order valence-corrected chi connectivity index (χ1v) is 9.29. The molecular weight excluding hydrogens is 394 g/mol. The monoisotopic (exact) mass is 418 g/mol. The van der Waals surface area contributed by atoms with E-state index in [1.807, 2.05) is 62.6 Å². The highest BCUT2D eigenvalue weighted by atomic mass is 79.9. The third-order valence-corrected chi connectivity index (χ3v) is 4.97. The van der Waals surface area contributed by atoms with Gasteiger partial charge in [-0.15, -0.1) is 0 Å². The highest BCUT2D eigenvalue weighted by molar-refractivity contribution is 9.10. The molecule has 138 valence electrons. The second-order valence-corrected chi connectivity index (χ2v) is 7.28. The number of quaternary nitrogens is 1. The Morgan fingerprint density at radius 2 is 1.77 bits per heavy atom. The van der Waals surface area contributed by atoms with Gasteiger partial charge in [0.1, 0.15) is 6.54 Å². The molecule has 5 nitrogen and oxygen atoms in total. The van der Waals surface area contributed by atoms with Crippen molar-refractivity contribution in [3.05, 3.63) is 69.7 Å². The van der Waals surface area contributed by atoms with Gasteiger partial charge < -0.3 is 15.1 Å². The lowest BCUT2D eigenvalue weighted by atomic mass is 10.1. The Labute approximate surface area is 163 Å². The maximum absolute atomic E-state index is 12.5. The Bertz CT molecular complexity index is 762. The molecule has 6 heteroatoms. The predicted octanol–water partition coefficient (Wildman–Crippen LogP) is 1.48. The maximum Gasteiger partial charge on any atom is 0.277 e. The molecule has 0 spiro atoms. The first-order chi connectivity index (χ1) is 12.4. The maximum atomic E-state index is 12.5. The third kappa shape index (κ3) is 5.68. The molecule has 1 unspecified atom stereocenters. The summed E-state index contributed by atoms with van der Waals surface area (Å²) in [5.41, 5.74) is 2.82. The van der Waals surface area contributed by atoms with Crippen molar-refractivity contribution in [1.29, 1.82) is 0 Å². The number of carbonyl (C=O) groups is 2. The molecule has 0 saturated heterocycles. The molecule has 0 aliphatic carbocycles. The van der Waals surface area contributed by atoms with Crippen LogP contribution < -0.4 is 10.2 Å². The summed E-state index contributed by atoms with van der Waals surface area (Å²) in [6.07, 6.45) is 0. The lowest BCUT2D eigenvalue weighted by molar-refractivity contribution is -0.885. The van der Waals surface area contributed by atoms with Crippen molar-refractivity contribution in [3.63, 3.8) is 0 Å². The molecule has 26 heavy (non-hydrogen) atoms. The highest BCUT2D eigenvalue weighted by Crippen LogP contribution is 2.17. The molecule has 0 aliphatic heterocycles. The Kier molecular flexibility index (Phi) is 7.36. The first-order valence-electron chi connectivity index (χ1n) is 8.50. The number of carbonyl (C=O) groups excluding carboxylic acids is 2. The van der Waals surface area contributed by atoms with Crippen LogP contribution in [-0.2, 0) is 17.9 Å². The molecule has 0 radical (unpaired) electrons. The van der Waals surface area contributed by atoms with Crippen molar-refractivity contribution >= 4 is 27.7 Å². The van der Waals surface area contributed by atoms with Crippen LogP contribution in [0, 0.1) is 0 Å². The Morgan fingerprint density at radius 1 is 1.12 bits per heavy atom. The standard InChI is InChI=1S/C20H24BrN3O2/c1-22-20(26)16-10-8-15(9-11-16)12-23(2)14-19(25)24(3)13-17-6-4-5-7-18(17)21/h4-11H,12-14H2,1-3H3,(H,22,26)/p+1. The zero-order chi connectivity index (χ0) is 19.1. The molecule has 0 saturated carbocycles. The zero-order valence-corrected chi connectivity index (χ0v) is 17.0. The van der Waals surface area contributed by atoms with Gasteiger partial charge in [-0.25, -0.2) is 0 Å². The summed E-state index contributed by atoms with van der Waals surface area (Å²) in [6, 6.07) is 15.4. The topological polar surface area (TPSA) is 53.9 Å². The van der Waals surface area contributed by atoms with Crippen molar-refractivity contribution in [2.75, 3.05) is 27.7 Å². The molecule has 2 N–H and O–H groups in total. The number of hydrogen-bond acceptors (Lipinski definition) is 2. The van der Waals surface area contributed by atoms with E-state index in [9.17, 15) is 9.59 Å². The average molecular weight is 419 g/mol. The molecular formula is C20H25BrN3O2+. The smallest absolute Gasteiger partial charge is 0.277 e. The van der Waals surface area contributed by atoms with Gasteiger partial charge in [-0.3, -0.25) is 9.59 Å². The molecule has 2 aromatic carbocycles. The van der Waals surface area contributed by atoms with Crippen LogP contribution in [-0.4, -0.2) is 44.4 Å². The summed E-state index contributed by atoms with van der Waals surface area (Å²) >= 11 is 3.52. The first kappa shape index (κ1) is 20.1. The number of amides is 2. The number of rotatable bonds is 7. The fourth-order valence-electron chi connectivity index (χ4n) is 2.69. The second kappa shape index (κ2) is 9.50. The number of nitrogens with zero attached hydrogens (tertiary/aromatic N) is 1. The molecule has 0 heterocycles. The van der Waals surface area contributed by atoms with E-state index in [1.54, 1.807) is 11.9 Å². The summed E-state index contributed by atoms with van der Waals surface area (Å²) in [6.45, 7) is 1.72. The number of halogens is 1. The lowest BCUT2D eigenvalue weighted by Crippen LogP contribution is -3.08. The van der Waals surface area contributed by atoms with Crippen LogP contribution in [0.1, 0.15) is 21.5 Å². The summed E-state index contributed by atoms with van der Waals surface area (Å²) < 4.78 is 1.01.